The van der Waals surface area contributed by atoms with Gasteiger partial charge in [0.1, 0.15) is 17.3 Å². The summed E-state index contributed by atoms with van der Waals surface area (Å²) in [6, 6.07) is 9.66. The summed E-state index contributed by atoms with van der Waals surface area (Å²) >= 11 is 0. The van der Waals surface area contributed by atoms with Crippen LogP contribution in [0.15, 0.2) is 47.2 Å². The molecule has 3 aromatic heterocycles. The van der Waals surface area contributed by atoms with E-state index < -0.39 is 0 Å². The lowest BCUT2D eigenvalue weighted by Crippen LogP contribution is -2.28. The number of nitrogens with one attached hydrogen (secondary N) is 2. The number of hydrogen-bond acceptors (Lipinski definition) is 7. The highest BCUT2D eigenvalue weighted by molar-refractivity contribution is 5.91. The minimum absolute atomic E-state index is 0.214. The lowest BCUT2D eigenvalue weighted by Gasteiger charge is -2.15. The average molecular weight is 407 g/mol. The third-order valence-corrected chi connectivity index (χ3v) is 5.32. The summed E-state index contributed by atoms with van der Waals surface area (Å²) in [7, 11) is 1.63. The van der Waals surface area contributed by atoms with Gasteiger partial charge in [0.25, 0.3) is 5.91 Å². The van der Waals surface area contributed by atoms with Gasteiger partial charge in [0.2, 0.25) is 5.76 Å². The molecule has 0 aromatic carbocycles. The van der Waals surface area contributed by atoms with E-state index in [1.165, 1.54) is 0 Å². The molecule has 156 valence electrons. The van der Waals surface area contributed by atoms with Crippen LogP contribution in [-0.2, 0) is 0 Å². The molecular formula is C22H25N5O3. The van der Waals surface area contributed by atoms with Gasteiger partial charge in [-0.15, -0.1) is 0 Å². The van der Waals surface area contributed by atoms with Crippen LogP contribution in [0.2, 0.25) is 0 Å². The molecule has 8 nitrogen and oxygen atoms in total. The third kappa shape index (κ3) is 4.59. The Morgan fingerprint density at radius 1 is 1.27 bits per heavy atom. The van der Waals surface area contributed by atoms with Crippen molar-refractivity contribution in [2.24, 2.45) is 5.92 Å². The van der Waals surface area contributed by atoms with Gasteiger partial charge in [-0.3, -0.25) is 9.78 Å². The zero-order chi connectivity index (χ0) is 20.9. The van der Waals surface area contributed by atoms with Crippen molar-refractivity contribution in [1.29, 1.82) is 0 Å². The van der Waals surface area contributed by atoms with Crippen LogP contribution in [0.5, 0.6) is 5.75 Å². The lowest BCUT2D eigenvalue weighted by molar-refractivity contribution is 0.0910. The summed E-state index contributed by atoms with van der Waals surface area (Å²) in [5.41, 5.74) is 2.38. The van der Waals surface area contributed by atoms with E-state index in [1.807, 2.05) is 24.3 Å². The van der Waals surface area contributed by atoms with E-state index in [1.54, 1.807) is 32.5 Å². The summed E-state index contributed by atoms with van der Waals surface area (Å²) in [5.74, 6) is 2.03. The molecule has 2 N–H and O–H groups in total. The maximum Gasteiger partial charge on any atom is 0.289 e. The number of ether oxygens (including phenoxy) is 1. The predicted molar refractivity (Wildman–Crippen MR) is 112 cm³/mol. The van der Waals surface area contributed by atoms with Crippen LogP contribution in [0.4, 0.5) is 5.82 Å². The van der Waals surface area contributed by atoms with E-state index >= 15 is 0 Å². The Morgan fingerprint density at radius 3 is 2.90 bits per heavy atom. The van der Waals surface area contributed by atoms with Gasteiger partial charge in [-0.25, -0.2) is 4.98 Å². The topological polar surface area (TPSA) is 102 Å². The van der Waals surface area contributed by atoms with Crippen molar-refractivity contribution in [1.82, 2.24) is 20.4 Å². The van der Waals surface area contributed by atoms with Gasteiger partial charge >= 0.3 is 0 Å². The van der Waals surface area contributed by atoms with E-state index in [0.29, 0.717) is 24.2 Å². The predicted octanol–water partition coefficient (Wildman–Crippen LogP) is 3.46. The van der Waals surface area contributed by atoms with Crippen LogP contribution < -0.4 is 15.4 Å². The maximum absolute atomic E-state index is 12.1. The van der Waals surface area contributed by atoms with Gasteiger partial charge in [-0.05, 0) is 56.4 Å². The maximum atomic E-state index is 12.1. The van der Waals surface area contributed by atoms with Gasteiger partial charge in [-0.2, -0.15) is 0 Å². The van der Waals surface area contributed by atoms with E-state index in [2.05, 4.69) is 25.8 Å². The van der Waals surface area contributed by atoms with Crippen LogP contribution in [0.3, 0.4) is 0 Å². The van der Waals surface area contributed by atoms with Crippen molar-refractivity contribution in [3.8, 4) is 17.0 Å². The molecule has 1 fully saturated rings. The Morgan fingerprint density at radius 2 is 2.17 bits per heavy atom. The molecule has 3 aromatic rings. The number of nitrogens with zero attached hydrogens (tertiary/aromatic N) is 3. The second-order valence-corrected chi connectivity index (χ2v) is 7.55. The number of aryl methyl sites for hydroxylation is 1. The monoisotopic (exact) mass is 407 g/mol. The summed E-state index contributed by atoms with van der Waals surface area (Å²) in [5, 5.41) is 10.2. The number of anilines is 1. The Kier molecular flexibility index (Phi) is 5.92. The Hall–Kier alpha value is -3.42. The Labute approximate surface area is 175 Å². The van der Waals surface area contributed by atoms with Crippen molar-refractivity contribution in [3.63, 3.8) is 0 Å². The SMILES string of the molecule is COc1cccnc1-c1ccc(N[C@@H]2CC[C@H](CNC(=O)c3cc(C)no3)C2)nc1. The van der Waals surface area contributed by atoms with Crippen LogP contribution in [0, 0.1) is 12.8 Å². The van der Waals surface area contributed by atoms with Crippen LogP contribution in [0.1, 0.15) is 35.5 Å². The molecular weight excluding hydrogens is 382 g/mol. The molecule has 3 heterocycles. The molecule has 1 aliphatic carbocycles. The second kappa shape index (κ2) is 8.94. The van der Waals surface area contributed by atoms with Gasteiger partial charge in [-0.1, -0.05) is 5.16 Å². The molecule has 0 radical (unpaired) electrons. The first-order chi connectivity index (χ1) is 14.6. The van der Waals surface area contributed by atoms with Crippen molar-refractivity contribution < 1.29 is 14.1 Å². The third-order valence-electron chi connectivity index (χ3n) is 5.32. The summed E-state index contributed by atoms with van der Waals surface area (Å²) < 4.78 is 10.4. The number of pyridine rings is 2. The molecule has 0 unspecified atom stereocenters. The smallest absolute Gasteiger partial charge is 0.289 e. The number of methoxy groups -OCH3 is 1. The number of aromatic nitrogens is 3. The molecule has 0 aliphatic heterocycles. The molecule has 4 rings (SSSR count). The molecule has 1 saturated carbocycles. The normalized spacial score (nSPS) is 18.2. The van der Waals surface area contributed by atoms with Crippen LogP contribution in [-0.4, -0.2) is 40.7 Å². The van der Waals surface area contributed by atoms with Crippen molar-refractivity contribution in [3.05, 3.63) is 54.2 Å². The van der Waals surface area contributed by atoms with Gasteiger partial charge in [0.05, 0.1) is 12.8 Å². The standard InChI is InChI=1S/C22H25N5O3/c1-14-10-19(30-27-14)22(28)25-12-15-5-7-17(11-15)26-20-8-6-16(13-24-20)21-18(29-2)4-3-9-23-21/h3-4,6,8-10,13,15,17H,5,7,11-12H2,1-2H3,(H,24,26)(H,25,28)/t15-,17+/m0/s1. The molecule has 0 saturated heterocycles. The minimum Gasteiger partial charge on any atom is -0.494 e. The molecule has 8 heteroatoms. The van der Waals surface area contributed by atoms with Crippen molar-refractivity contribution in [2.75, 3.05) is 19.0 Å². The van der Waals surface area contributed by atoms with Gasteiger partial charge < -0.3 is 19.9 Å². The zero-order valence-electron chi connectivity index (χ0n) is 17.1. The summed E-state index contributed by atoms with van der Waals surface area (Å²) in [4.78, 5) is 21.0. The van der Waals surface area contributed by atoms with Crippen molar-refractivity contribution in [2.45, 2.75) is 32.2 Å². The van der Waals surface area contributed by atoms with E-state index in [9.17, 15) is 4.79 Å². The largest absolute Gasteiger partial charge is 0.494 e. The number of rotatable bonds is 7. The molecule has 30 heavy (non-hydrogen) atoms. The fraction of sp³-hybridized carbons (Fsp3) is 0.364. The molecule has 1 amide bonds. The Bertz CT molecular complexity index is 1000. The highest BCUT2D eigenvalue weighted by Crippen LogP contribution is 2.29. The molecule has 0 bridgehead atoms. The van der Waals surface area contributed by atoms with Gasteiger partial charge in [0.15, 0.2) is 0 Å². The summed E-state index contributed by atoms with van der Waals surface area (Å²) in [6.45, 7) is 2.42. The second-order valence-electron chi connectivity index (χ2n) is 7.55. The Balaban J connectivity index is 1.28. The first-order valence-corrected chi connectivity index (χ1v) is 10.1. The highest BCUT2D eigenvalue weighted by Gasteiger charge is 2.25. The minimum atomic E-state index is -0.214. The molecule has 2 atom stereocenters. The fourth-order valence-electron chi connectivity index (χ4n) is 3.79. The van der Waals surface area contributed by atoms with Gasteiger partial charge in [0, 0.05) is 36.6 Å². The first-order valence-electron chi connectivity index (χ1n) is 10.1. The van der Waals surface area contributed by atoms with E-state index in [0.717, 1.165) is 42.1 Å². The average Bonchev–Trinajstić information content (AvgIpc) is 3.41. The number of carbonyl (C=O) groups excluding carboxylic acids is 1. The number of amides is 1. The van der Waals surface area contributed by atoms with E-state index in [-0.39, 0.29) is 11.7 Å². The van der Waals surface area contributed by atoms with Crippen LogP contribution in [0.25, 0.3) is 11.3 Å². The molecule has 1 aliphatic rings. The first kappa shape index (κ1) is 19.9. The quantitative estimate of drug-likeness (QED) is 0.618. The number of carbonyl (C=O) groups is 1. The van der Waals surface area contributed by atoms with Crippen LogP contribution >= 0.6 is 0 Å². The lowest BCUT2D eigenvalue weighted by atomic mass is 10.1. The summed E-state index contributed by atoms with van der Waals surface area (Å²) in [6.07, 6.45) is 6.62. The van der Waals surface area contributed by atoms with E-state index in [4.69, 9.17) is 9.26 Å². The highest BCUT2D eigenvalue weighted by atomic mass is 16.5. The van der Waals surface area contributed by atoms with Crippen molar-refractivity contribution >= 4 is 11.7 Å². The zero-order valence-corrected chi connectivity index (χ0v) is 17.1. The molecule has 0 spiro atoms. The number of hydrogen-bond donors (Lipinski definition) is 2. The fourth-order valence-corrected chi connectivity index (χ4v) is 3.79.